The molecule has 0 saturated carbocycles. The molecule has 0 aliphatic rings. The molecule has 2 heterocycles. The van der Waals surface area contributed by atoms with Crippen LogP contribution >= 0.6 is 11.6 Å². The molecule has 2 aromatic heterocycles. The third-order valence-electron chi connectivity index (χ3n) is 1.86. The SMILES string of the molecule is COc1nnc2c(Cl)cc(C(=O)O)cn12. The van der Waals surface area contributed by atoms with E-state index in [0.29, 0.717) is 5.65 Å². The van der Waals surface area contributed by atoms with Crippen LogP contribution in [0.2, 0.25) is 5.02 Å². The molecule has 0 amide bonds. The number of fused-ring (bicyclic) bond motifs is 1. The van der Waals surface area contributed by atoms with Crippen molar-refractivity contribution >= 4 is 23.2 Å². The number of aromatic carboxylic acids is 1. The quantitative estimate of drug-likeness (QED) is 0.831. The van der Waals surface area contributed by atoms with Gasteiger partial charge in [-0.1, -0.05) is 16.7 Å². The second-order valence-electron chi connectivity index (χ2n) is 2.76. The maximum atomic E-state index is 10.8. The predicted molar refractivity (Wildman–Crippen MR) is 51.5 cm³/mol. The topological polar surface area (TPSA) is 76.7 Å². The Morgan fingerprint density at radius 3 is 2.93 bits per heavy atom. The van der Waals surface area contributed by atoms with E-state index in [1.165, 1.54) is 23.8 Å². The highest BCUT2D eigenvalue weighted by atomic mass is 35.5. The molecule has 0 aromatic carbocycles. The molecule has 2 aromatic rings. The normalized spacial score (nSPS) is 10.5. The summed E-state index contributed by atoms with van der Waals surface area (Å²) in [5, 5.41) is 16.5. The molecule has 0 atom stereocenters. The van der Waals surface area contributed by atoms with Crippen LogP contribution < -0.4 is 4.74 Å². The van der Waals surface area contributed by atoms with Crippen LogP contribution in [0.4, 0.5) is 0 Å². The van der Waals surface area contributed by atoms with Gasteiger partial charge >= 0.3 is 12.0 Å². The van der Waals surface area contributed by atoms with E-state index in [1.54, 1.807) is 0 Å². The zero-order valence-electron chi connectivity index (χ0n) is 7.64. The van der Waals surface area contributed by atoms with Gasteiger partial charge in [-0.3, -0.25) is 4.40 Å². The smallest absolute Gasteiger partial charge is 0.337 e. The second kappa shape index (κ2) is 3.39. The zero-order valence-corrected chi connectivity index (χ0v) is 8.39. The summed E-state index contributed by atoms with van der Waals surface area (Å²) in [5.41, 5.74) is 0.407. The summed E-state index contributed by atoms with van der Waals surface area (Å²) >= 11 is 5.83. The van der Waals surface area contributed by atoms with Gasteiger partial charge in [0.15, 0.2) is 5.65 Å². The van der Waals surface area contributed by atoms with Gasteiger partial charge in [0, 0.05) is 6.20 Å². The molecular weight excluding hydrogens is 222 g/mol. The van der Waals surface area contributed by atoms with Gasteiger partial charge in [0.05, 0.1) is 17.7 Å². The van der Waals surface area contributed by atoms with Crippen molar-refractivity contribution in [2.45, 2.75) is 0 Å². The Morgan fingerprint density at radius 1 is 1.60 bits per heavy atom. The molecule has 0 aliphatic heterocycles. The van der Waals surface area contributed by atoms with Crippen molar-refractivity contribution in [3.05, 3.63) is 22.8 Å². The minimum Gasteiger partial charge on any atom is -0.478 e. The molecule has 0 bridgehead atoms. The lowest BCUT2D eigenvalue weighted by molar-refractivity contribution is 0.0696. The van der Waals surface area contributed by atoms with Crippen molar-refractivity contribution in [1.29, 1.82) is 0 Å². The fourth-order valence-corrected chi connectivity index (χ4v) is 1.44. The summed E-state index contributed by atoms with van der Waals surface area (Å²) in [5.74, 6) is -1.07. The number of nitrogens with zero attached hydrogens (tertiary/aromatic N) is 3. The molecule has 15 heavy (non-hydrogen) atoms. The molecule has 0 radical (unpaired) electrons. The van der Waals surface area contributed by atoms with Gasteiger partial charge in [0.1, 0.15) is 0 Å². The van der Waals surface area contributed by atoms with Crippen molar-refractivity contribution in [2.75, 3.05) is 7.11 Å². The summed E-state index contributed by atoms with van der Waals surface area (Å²) < 4.78 is 6.28. The molecule has 0 saturated heterocycles. The lowest BCUT2D eigenvalue weighted by Crippen LogP contribution is -2.00. The number of hydrogen-bond donors (Lipinski definition) is 1. The number of methoxy groups -OCH3 is 1. The molecule has 0 unspecified atom stereocenters. The molecule has 0 spiro atoms. The van der Waals surface area contributed by atoms with Crippen LogP contribution in [0.3, 0.4) is 0 Å². The number of rotatable bonds is 2. The predicted octanol–water partition coefficient (Wildman–Crippen LogP) is 1.09. The highest BCUT2D eigenvalue weighted by Crippen LogP contribution is 2.21. The maximum Gasteiger partial charge on any atom is 0.337 e. The molecule has 78 valence electrons. The number of hydrogen-bond acceptors (Lipinski definition) is 4. The second-order valence-corrected chi connectivity index (χ2v) is 3.17. The van der Waals surface area contributed by atoms with Crippen molar-refractivity contribution < 1.29 is 14.6 Å². The lowest BCUT2D eigenvalue weighted by atomic mass is 10.3. The van der Waals surface area contributed by atoms with Crippen LogP contribution in [0.25, 0.3) is 5.65 Å². The third-order valence-corrected chi connectivity index (χ3v) is 2.14. The molecule has 1 N–H and O–H groups in total. The van der Waals surface area contributed by atoms with E-state index >= 15 is 0 Å². The maximum absolute atomic E-state index is 10.8. The van der Waals surface area contributed by atoms with E-state index in [0.717, 1.165) is 0 Å². The van der Waals surface area contributed by atoms with E-state index in [1.807, 2.05) is 0 Å². The Balaban J connectivity index is 2.77. The first-order valence-corrected chi connectivity index (χ1v) is 4.33. The first-order chi connectivity index (χ1) is 7.13. The molecule has 0 fully saturated rings. The van der Waals surface area contributed by atoms with Crippen LogP contribution in [0, 0.1) is 0 Å². The number of halogens is 1. The molecule has 2 rings (SSSR count). The van der Waals surface area contributed by atoms with Gasteiger partial charge < -0.3 is 9.84 Å². The van der Waals surface area contributed by atoms with Gasteiger partial charge in [0.2, 0.25) is 0 Å². The Kier molecular flexibility index (Phi) is 2.20. The number of aromatic nitrogens is 3. The Morgan fingerprint density at radius 2 is 2.33 bits per heavy atom. The average Bonchev–Trinajstić information content (AvgIpc) is 2.60. The van der Waals surface area contributed by atoms with Crippen molar-refractivity contribution in [1.82, 2.24) is 14.6 Å². The van der Waals surface area contributed by atoms with Gasteiger partial charge in [-0.05, 0) is 6.07 Å². The highest BCUT2D eigenvalue weighted by Gasteiger charge is 2.13. The van der Waals surface area contributed by atoms with Gasteiger partial charge in [-0.25, -0.2) is 4.79 Å². The van der Waals surface area contributed by atoms with Gasteiger partial charge in [-0.15, -0.1) is 5.10 Å². The minimum atomic E-state index is -1.07. The average molecular weight is 228 g/mol. The lowest BCUT2D eigenvalue weighted by Gasteiger charge is -2.00. The monoisotopic (exact) mass is 227 g/mol. The van der Waals surface area contributed by atoms with Crippen LogP contribution in [0.5, 0.6) is 6.01 Å². The summed E-state index contributed by atoms with van der Waals surface area (Å²) in [6, 6.07) is 1.50. The fourth-order valence-electron chi connectivity index (χ4n) is 1.19. The van der Waals surface area contributed by atoms with E-state index in [4.69, 9.17) is 21.4 Å². The largest absolute Gasteiger partial charge is 0.478 e. The molecule has 6 nitrogen and oxygen atoms in total. The Hall–Kier alpha value is -1.82. The van der Waals surface area contributed by atoms with Crippen LogP contribution in [0.15, 0.2) is 12.3 Å². The van der Waals surface area contributed by atoms with Crippen LogP contribution in [-0.2, 0) is 0 Å². The van der Waals surface area contributed by atoms with Crippen molar-refractivity contribution in [2.24, 2.45) is 0 Å². The van der Waals surface area contributed by atoms with Crippen molar-refractivity contribution in [3.63, 3.8) is 0 Å². The van der Waals surface area contributed by atoms with E-state index in [-0.39, 0.29) is 16.6 Å². The number of carboxylic acids is 1. The summed E-state index contributed by atoms with van der Waals surface area (Å²) in [6.45, 7) is 0. The summed E-state index contributed by atoms with van der Waals surface area (Å²) in [4.78, 5) is 10.8. The van der Waals surface area contributed by atoms with Crippen molar-refractivity contribution in [3.8, 4) is 6.01 Å². The third kappa shape index (κ3) is 1.48. The van der Waals surface area contributed by atoms with E-state index in [2.05, 4.69) is 10.2 Å². The fraction of sp³-hybridized carbons (Fsp3) is 0.125. The van der Waals surface area contributed by atoms with Crippen LogP contribution in [0.1, 0.15) is 10.4 Å². The molecule has 0 aliphatic carbocycles. The molecule has 7 heteroatoms. The Bertz CT molecular complexity index is 537. The minimum absolute atomic E-state index is 0.0469. The summed E-state index contributed by atoms with van der Waals surface area (Å²) in [6.07, 6.45) is 1.35. The highest BCUT2D eigenvalue weighted by molar-refractivity contribution is 6.33. The first-order valence-electron chi connectivity index (χ1n) is 3.95. The first kappa shape index (κ1) is 9.72. The number of pyridine rings is 1. The van der Waals surface area contributed by atoms with Gasteiger partial charge in [0.25, 0.3) is 0 Å². The van der Waals surface area contributed by atoms with Gasteiger partial charge in [-0.2, -0.15) is 0 Å². The number of carbonyl (C=O) groups is 1. The summed E-state index contributed by atoms with van der Waals surface area (Å²) in [7, 11) is 1.41. The number of carboxylic acid groups (broad SMARTS) is 1. The van der Waals surface area contributed by atoms with E-state index in [9.17, 15) is 4.79 Å². The van der Waals surface area contributed by atoms with Crippen LogP contribution in [-0.4, -0.2) is 32.8 Å². The number of ether oxygens (including phenoxy) is 1. The Labute approximate surface area is 89.1 Å². The standard InChI is InChI=1S/C8H6ClN3O3/c1-15-8-11-10-6-5(9)2-4(7(13)14)3-12(6)8/h2-3H,1H3,(H,13,14). The zero-order chi connectivity index (χ0) is 11.0. The molecular formula is C8H6ClN3O3. The van der Waals surface area contributed by atoms with E-state index < -0.39 is 5.97 Å².